The molecular formula is C25H28N7O3S+. The summed E-state index contributed by atoms with van der Waals surface area (Å²) in [6.45, 7) is 4.61. The Labute approximate surface area is 213 Å². The van der Waals surface area contributed by atoms with Crippen LogP contribution >= 0.6 is 12.2 Å². The van der Waals surface area contributed by atoms with Crippen molar-refractivity contribution in [3.63, 3.8) is 0 Å². The molecule has 0 atom stereocenters. The second-order valence-electron chi connectivity index (χ2n) is 8.52. The predicted molar refractivity (Wildman–Crippen MR) is 144 cm³/mol. The van der Waals surface area contributed by atoms with E-state index < -0.39 is 0 Å². The van der Waals surface area contributed by atoms with E-state index in [4.69, 9.17) is 21.7 Å². The predicted octanol–water partition coefficient (Wildman–Crippen LogP) is 3.02. The molecule has 36 heavy (non-hydrogen) atoms. The minimum Gasteiger partial charge on any atom is -0.493 e. The van der Waals surface area contributed by atoms with Gasteiger partial charge in [-0.3, -0.25) is 9.69 Å². The largest absolute Gasteiger partial charge is 0.493 e. The minimum atomic E-state index is -0.0979. The van der Waals surface area contributed by atoms with Crippen molar-refractivity contribution in [1.82, 2.24) is 14.9 Å². The molecule has 2 aromatic heterocycles. The Morgan fingerprint density at radius 3 is 2.31 bits per heavy atom. The van der Waals surface area contributed by atoms with Crippen LogP contribution in [0.3, 0.4) is 0 Å². The van der Waals surface area contributed by atoms with Gasteiger partial charge in [-0.2, -0.15) is 0 Å². The lowest BCUT2D eigenvalue weighted by Crippen LogP contribution is -2.51. The van der Waals surface area contributed by atoms with E-state index in [1.54, 1.807) is 20.5 Å². The van der Waals surface area contributed by atoms with Gasteiger partial charge in [0.2, 0.25) is 23.7 Å². The highest BCUT2D eigenvalue weighted by Gasteiger charge is 2.27. The molecule has 3 heterocycles. The van der Waals surface area contributed by atoms with Gasteiger partial charge >= 0.3 is 0 Å². The van der Waals surface area contributed by atoms with Gasteiger partial charge in [0.1, 0.15) is 5.39 Å². The molecule has 0 aliphatic carbocycles. The van der Waals surface area contributed by atoms with E-state index in [-0.39, 0.29) is 5.91 Å². The molecule has 5 rings (SSSR count). The Hall–Kier alpha value is -4.12. The lowest BCUT2D eigenvalue weighted by molar-refractivity contribution is -0.367. The van der Waals surface area contributed by atoms with Crippen LogP contribution in [0.5, 0.6) is 11.5 Å². The molecule has 0 radical (unpaired) electrons. The summed E-state index contributed by atoms with van der Waals surface area (Å²) in [5.74, 6) is 2.25. The normalized spacial score (nSPS) is 13.6. The van der Waals surface area contributed by atoms with Crippen LogP contribution < -0.4 is 30.0 Å². The van der Waals surface area contributed by atoms with Crippen LogP contribution in [0, 0.1) is 0 Å². The number of nitrogens with one attached hydrogen (secondary N) is 4. The average molecular weight is 507 g/mol. The Bertz CT molecular complexity index is 1430. The third-order valence-electron chi connectivity index (χ3n) is 6.25. The number of hydrogen-bond acceptors (Lipinski definition) is 6. The van der Waals surface area contributed by atoms with Crippen LogP contribution in [0.2, 0.25) is 0 Å². The maximum absolute atomic E-state index is 11.2. The van der Waals surface area contributed by atoms with Crippen LogP contribution in [-0.2, 0) is 4.79 Å². The number of methoxy groups -OCH3 is 2. The van der Waals surface area contributed by atoms with Gasteiger partial charge in [-0.15, -0.1) is 0 Å². The molecular weight excluding hydrogens is 478 g/mol. The summed E-state index contributed by atoms with van der Waals surface area (Å²) in [6, 6.07) is 11.4. The molecule has 4 N–H and O–H groups in total. The number of H-pyrrole nitrogens is 2. The van der Waals surface area contributed by atoms with Crippen LogP contribution in [0.15, 0.2) is 42.7 Å². The number of carbonyl (C=O) groups is 1. The van der Waals surface area contributed by atoms with Gasteiger partial charge in [0, 0.05) is 29.8 Å². The highest BCUT2D eigenvalue weighted by molar-refractivity contribution is 7.80. The molecule has 0 unspecified atom stereocenters. The first-order chi connectivity index (χ1) is 17.5. The third-order valence-corrected chi connectivity index (χ3v) is 6.61. The molecule has 0 bridgehead atoms. The smallest absolute Gasteiger partial charge is 0.234 e. The van der Waals surface area contributed by atoms with Crippen molar-refractivity contribution >= 4 is 62.4 Å². The fourth-order valence-corrected chi connectivity index (χ4v) is 4.80. The number of hydrogen-bond donors (Lipinski definition) is 3. The van der Waals surface area contributed by atoms with Crippen molar-refractivity contribution in [2.24, 2.45) is 0 Å². The van der Waals surface area contributed by atoms with Crippen molar-refractivity contribution in [3.05, 3.63) is 42.7 Å². The van der Waals surface area contributed by atoms with Gasteiger partial charge in [-0.25, -0.2) is 4.98 Å². The van der Waals surface area contributed by atoms with Crippen molar-refractivity contribution in [2.75, 3.05) is 55.9 Å². The Morgan fingerprint density at radius 1 is 1.03 bits per heavy atom. The van der Waals surface area contributed by atoms with E-state index in [2.05, 4.69) is 35.4 Å². The van der Waals surface area contributed by atoms with Crippen molar-refractivity contribution in [2.45, 2.75) is 6.92 Å². The number of nitrogens with zero attached hydrogens (tertiary/aromatic N) is 3. The maximum Gasteiger partial charge on any atom is 0.234 e. The number of amides is 1. The lowest BCUT2D eigenvalue weighted by Gasteiger charge is -2.34. The number of benzene rings is 2. The molecule has 11 heteroatoms. The van der Waals surface area contributed by atoms with Crippen LogP contribution in [0.25, 0.3) is 21.9 Å². The Morgan fingerprint density at radius 2 is 1.67 bits per heavy atom. The molecule has 4 aromatic rings. The monoisotopic (exact) mass is 506 g/mol. The summed E-state index contributed by atoms with van der Waals surface area (Å²) in [5.41, 5.74) is 3.37. The van der Waals surface area contributed by atoms with E-state index in [1.807, 2.05) is 36.4 Å². The summed E-state index contributed by atoms with van der Waals surface area (Å²) >= 11 is 5.67. The molecule has 1 saturated heterocycles. The number of thiocarbonyl (C=S) groups is 1. The standard InChI is InChI=1S/C25H27N7O3S/c1-15(33)28-16-4-6-17(7-5-16)29-25(36)32-10-8-31(9-11-32)24-22-18-12-20(34-2)21(35-3)13-19(18)30-23(22)26-14-27-24/h4-7,12-14H,8-11H2,1-3H3,(H,28,33)(H,29,36)(H,26,27,30)/p+1. The number of ether oxygens (including phenoxy) is 2. The number of aromatic amines is 2. The van der Waals surface area contributed by atoms with Gasteiger partial charge in [0.25, 0.3) is 0 Å². The van der Waals surface area contributed by atoms with Gasteiger partial charge in [0.15, 0.2) is 16.6 Å². The molecule has 1 fully saturated rings. The highest BCUT2D eigenvalue weighted by Crippen LogP contribution is 2.37. The number of carbonyl (C=O) groups excluding carboxylic acids is 1. The van der Waals surface area contributed by atoms with E-state index in [0.717, 1.165) is 65.3 Å². The average Bonchev–Trinajstić information content (AvgIpc) is 3.26. The molecule has 1 amide bonds. The maximum atomic E-state index is 11.2. The van der Waals surface area contributed by atoms with Crippen LogP contribution in [0.1, 0.15) is 6.92 Å². The summed E-state index contributed by atoms with van der Waals surface area (Å²) in [5, 5.41) is 8.77. The fourth-order valence-electron chi connectivity index (χ4n) is 4.50. The molecule has 0 spiro atoms. The zero-order valence-electron chi connectivity index (χ0n) is 20.3. The second kappa shape index (κ2) is 9.86. The summed E-state index contributed by atoms with van der Waals surface area (Å²) in [4.78, 5) is 26.9. The molecule has 186 valence electrons. The highest BCUT2D eigenvalue weighted by atomic mass is 32.1. The molecule has 0 saturated carbocycles. The van der Waals surface area contributed by atoms with Crippen LogP contribution in [0.4, 0.5) is 17.2 Å². The Kier molecular flexibility index (Phi) is 6.47. The molecule has 2 aromatic carbocycles. The van der Waals surface area contributed by atoms with E-state index in [9.17, 15) is 4.79 Å². The molecule has 1 aliphatic heterocycles. The van der Waals surface area contributed by atoms with E-state index in [1.165, 1.54) is 6.92 Å². The zero-order chi connectivity index (χ0) is 25.2. The topological polar surface area (TPSA) is 109 Å². The first kappa shape index (κ1) is 23.6. The first-order valence-corrected chi connectivity index (χ1v) is 12.0. The van der Waals surface area contributed by atoms with E-state index >= 15 is 0 Å². The minimum absolute atomic E-state index is 0.0979. The van der Waals surface area contributed by atoms with Crippen LogP contribution in [-0.4, -0.2) is 66.3 Å². The summed E-state index contributed by atoms with van der Waals surface area (Å²) in [6.07, 6.45) is 1.71. The van der Waals surface area contributed by atoms with Gasteiger partial charge < -0.3 is 30.0 Å². The van der Waals surface area contributed by atoms with Crippen molar-refractivity contribution in [1.29, 1.82) is 0 Å². The quantitative estimate of drug-likeness (QED) is 0.355. The third kappa shape index (κ3) is 4.57. The Balaban J connectivity index is 1.31. The lowest BCUT2D eigenvalue weighted by atomic mass is 10.1. The summed E-state index contributed by atoms with van der Waals surface area (Å²) in [7, 11) is 3.26. The number of piperazine rings is 1. The number of anilines is 3. The summed E-state index contributed by atoms with van der Waals surface area (Å²) < 4.78 is 11.0. The number of rotatable bonds is 5. The van der Waals surface area contributed by atoms with Crippen molar-refractivity contribution in [3.8, 4) is 11.5 Å². The van der Waals surface area contributed by atoms with E-state index in [0.29, 0.717) is 16.6 Å². The molecule has 1 aliphatic rings. The number of fused-ring (bicyclic) bond motifs is 3. The first-order valence-electron chi connectivity index (χ1n) is 11.6. The van der Waals surface area contributed by atoms with Gasteiger partial charge in [-0.1, -0.05) is 4.98 Å². The zero-order valence-corrected chi connectivity index (χ0v) is 21.2. The fraction of sp³-hybridized carbons (Fsp3) is 0.280. The molecule has 10 nitrogen and oxygen atoms in total. The van der Waals surface area contributed by atoms with Gasteiger partial charge in [-0.05, 0) is 42.5 Å². The van der Waals surface area contributed by atoms with Gasteiger partial charge in [0.05, 0.1) is 45.9 Å². The van der Waals surface area contributed by atoms with Crippen molar-refractivity contribution < 1.29 is 19.3 Å². The second-order valence-corrected chi connectivity index (χ2v) is 8.90. The SMILES string of the molecule is COc1cc2[nH]c3nc[nH+]c(N4CCN(C(=S)Nc5ccc(NC(C)=O)cc5)CC4)c3c2cc1OC. The number of aromatic nitrogens is 3.